The molecule has 166 valence electrons. The molecule has 0 aliphatic rings. The molecule has 28 heavy (non-hydrogen) atoms. The van der Waals surface area contributed by atoms with Crippen molar-refractivity contribution in [1.82, 2.24) is 0 Å². The number of allylic oxidation sites excluding steroid dienone is 2. The molecular weight excluding hydrogens is 348 g/mol. The molecule has 0 saturated heterocycles. The molecule has 0 aromatic heterocycles. The van der Waals surface area contributed by atoms with Crippen LogP contribution in [0.4, 0.5) is 0 Å². The molecule has 0 amide bonds. The van der Waals surface area contributed by atoms with Crippen LogP contribution in [0, 0.1) is 0 Å². The Balaban J connectivity index is 3.39. The van der Waals surface area contributed by atoms with Crippen molar-refractivity contribution in [3.63, 3.8) is 0 Å². The lowest BCUT2D eigenvalue weighted by Crippen LogP contribution is -2.02. The molecule has 0 fully saturated rings. The van der Waals surface area contributed by atoms with E-state index in [1.807, 2.05) is 6.08 Å². The van der Waals surface area contributed by atoms with Crippen LogP contribution < -0.4 is 0 Å². The van der Waals surface area contributed by atoms with Gasteiger partial charge in [-0.25, -0.2) is 0 Å². The summed E-state index contributed by atoms with van der Waals surface area (Å²) in [7, 11) is 0. The molecule has 3 nitrogen and oxygen atoms in total. The van der Waals surface area contributed by atoms with Crippen molar-refractivity contribution < 1.29 is 14.3 Å². The summed E-state index contributed by atoms with van der Waals surface area (Å²) in [5.74, 6) is 0.426. The third-order valence-corrected chi connectivity index (χ3v) is 5.22. The minimum atomic E-state index is 0.193. The smallest absolute Gasteiger partial charge is 0.189 e. The van der Waals surface area contributed by atoms with Gasteiger partial charge < -0.3 is 9.47 Å². The standard InChI is InChI=1S/C25H48O3/c1-3-5-7-9-11-13-14-15-17-19-21-25(23-26)28-24-27-22-20-18-16-12-10-8-6-4-2/h21,23H,3-20,22,24H2,1-2H3. The maximum Gasteiger partial charge on any atom is 0.189 e. The third kappa shape index (κ3) is 21.5. The van der Waals surface area contributed by atoms with Gasteiger partial charge in [0.25, 0.3) is 0 Å². The lowest BCUT2D eigenvalue weighted by molar-refractivity contribution is -0.111. The second-order valence-corrected chi connectivity index (χ2v) is 7.99. The molecule has 0 unspecified atom stereocenters. The number of carbonyl (C=O) groups is 1. The van der Waals surface area contributed by atoms with Crippen LogP contribution in [0.25, 0.3) is 0 Å². The first-order valence-electron chi connectivity index (χ1n) is 12.2. The molecule has 0 atom stereocenters. The van der Waals surface area contributed by atoms with Crippen molar-refractivity contribution in [2.75, 3.05) is 13.4 Å². The van der Waals surface area contributed by atoms with E-state index in [2.05, 4.69) is 13.8 Å². The highest BCUT2D eigenvalue weighted by atomic mass is 16.7. The Bertz CT molecular complexity index is 339. The van der Waals surface area contributed by atoms with Crippen molar-refractivity contribution in [3.05, 3.63) is 11.8 Å². The summed E-state index contributed by atoms with van der Waals surface area (Å²) in [6.07, 6.45) is 25.8. The molecule has 0 aliphatic heterocycles. The van der Waals surface area contributed by atoms with Gasteiger partial charge in [-0.2, -0.15) is 0 Å². The normalized spacial score (nSPS) is 11.7. The van der Waals surface area contributed by atoms with E-state index >= 15 is 0 Å². The minimum absolute atomic E-state index is 0.193. The predicted molar refractivity (Wildman–Crippen MR) is 121 cm³/mol. The van der Waals surface area contributed by atoms with Gasteiger partial charge in [0.1, 0.15) is 0 Å². The monoisotopic (exact) mass is 396 g/mol. The van der Waals surface area contributed by atoms with Gasteiger partial charge in [0.15, 0.2) is 18.8 Å². The summed E-state index contributed by atoms with van der Waals surface area (Å²) < 4.78 is 10.9. The highest BCUT2D eigenvalue weighted by molar-refractivity contribution is 5.69. The van der Waals surface area contributed by atoms with Crippen LogP contribution in [0.15, 0.2) is 11.8 Å². The van der Waals surface area contributed by atoms with E-state index in [0.717, 1.165) is 32.2 Å². The zero-order valence-corrected chi connectivity index (χ0v) is 19.0. The molecule has 0 aromatic carbocycles. The van der Waals surface area contributed by atoms with Gasteiger partial charge in [0, 0.05) is 0 Å². The van der Waals surface area contributed by atoms with E-state index in [1.165, 1.54) is 96.3 Å². The van der Waals surface area contributed by atoms with E-state index in [-0.39, 0.29) is 6.79 Å². The van der Waals surface area contributed by atoms with E-state index in [1.54, 1.807) is 0 Å². The van der Waals surface area contributed by atoms with Crippen molar-refractivity contribution in [2.45, 2.75) is 129 Å². The Labute approximate surface area is 175 Å². The lowest BCUT2D eigenvalue weighted by Gasteiger charge is -2.07. The van der Waals surface area contributed by atoms with Crippen LogP contribution in [0.2, 0.25) is 0 Å². The molecular formula is C25H48O3. The first-order valence-corrected chi connectivity index (χ1v) is 12.2. The van der Waals surface area contributed by atoms with Gasteiger partial charge in [-0.1, -0.05) is 110 Å². The molecule has 0 heterocycles. The number of unbranched alkanes of at least 4 members (excludes halogenated alkanes) is 16. The molecule has 0 aliphatic carbocycles. The molecule has 3 heteroatoms. The first-order chi connectivity index (χ1) is 13.8. The van der Waals surface area contributed by atoms with Gasteiger partial charge in [-0.3, -0.25) is 4.79 Å². The highest BCUT2D eigenvalue weighted by Gasteiger charge is 1.98. The zero-order valence-electron chi connectivity index (χ0n) is 19.0. The van der Waals surface area contributed by atoms with Crippen molar-refractivity contribution >= 4 is 6.29 Å². The molecule has 0 spiro atoms. The molecule has 0 aromatic rings. The Morgan fingerprint density at radius 3 is 1.61 bits per heavy atom. The summed E-state index contributed by atoms with van der Waals surface area (Å²) in [5, 5.41) is 0. The quantitative estimate of drug-likeness (QED) is 0.0575. The highest BCUT2D eigenvalue weighted by Crippen LogP contribution is 2.11. The van der Waals surface area contributed by atoms with E-state index < -0.39 is 0 Å². The number of carbonyl (C=O) groups excluding carboxylic acids is 1. The maximum atomic E-state index is 11.1. The average Bonchev–Trinajstić information content (AvgIpc) is 2.71. The fraction of sp³-hybridized carbons (Fsp3) is 0.880. The van der Waals surface area contributed by atoms with Crippen LogP contribution in [0.1, 0.15) is 129 Å². The van der Waals surface area contributed by atoms with E-state index in [9.17, 15) is 4.79 Å². The molecule has 0 N–H and O–H groups in total. The van der Waals surface area contributed by atoms with Crippen LogP contribution in [0.5, 0.6) is 0 Å². The second-order valence-electron chi connectivity index (χ2n) is 7.99. The SMILES string of the molecule is CCCCCCCCCCCC=C(C=O)OCOCCCCCCCCCC. The van der Waals surface area contributed by atoms with Crippen LogP contribution >= 0.6 is 0 Å². The Morgan fingerprint density at radius 2 is 1.11 bits per heavy atom. The fourth-order valence-corrected chi connectivity index (χ4v) is 3.35. The number of hydrogen-bond donors (Lipinski definition) is 0. The first kappa shape index (κ1) is 27.2. The van der Waals surface area contributed by atoms with Gasteiger partial charge in [-0.15, -0.1) is 0 Å². The predicted octanol–water partition coefficient (Wildman–Crippen LogP) is 8.12. The van der Waals surface area contributed by atoms with Crippen molar-refractivity contribution in [1.29, 1.82) is 0 Å². The van der Waals surface area contributed by atoms with Gasteiger partial charge in [0.2, 0.25) is 0 Å². The number of rotatable bonds is 23. The molecule has 0 bridgehead atoms. The summed E-state index contributed by atoms with van der Waals surface area (Å²) >= 11 is 0. The number of ether oxygens (including phenoxy) is 2. The topological polar surface area (TPSA) is 35.5 Å². The van der Waals surface area contributed by atoms with Gasteiger partial charge in [-0.05, 0) is 25.3 Å². The van der Waals surface area contributed by atoms with Gasteiger partial charge >= 0.3 is 0 Å². The van der Waals surface area contributed by atoms with Crippen LogP contribution in [0.3, 0.4) is 0 Å². The molecule has 0 saturated carbocycles. The Kier molecular flexibility index (Phi) is 23.5. The molecule has 0 radical (unpaired) electrons. The Hall–Kier alpha value is -0.830. The summed E-state index contributed by atoms with van der Waals surface area (Å²) in [6.45, 7) is 5.42. The summed E-state index contributed by atoms with van der Waals surface area (Å²) in [6, 6.07) is 0. The summed E-state index contributed by atoms with van der Waals surface area (Å²) in [4.78, 5) is 11.1. The maximum absolute atomic E-state index is 11.1. The Morgan fingerprint density at radius 1 is 0.643 bits per heavy atom. The van der Waals surface area contributed by atoms with Crippen molar-refractivity contribution in [2.24, 2.45) is 0 Å². The average molecular weight is 397 g/mol. The molecule has 0 rings (SSSR count). The largest absolute Gasteiger partial charge is 0.464 e. The zero-order chi connectivity index (χ0) is 20.5. The van der Waals surface area contributed by atoms with E-state index in [0.29, 0.717) is 5.76 Å². The van der Waals surface area contributed by atoms with Crippen LogP contribution in [-0.4, -0.2) is 19.7 Å². The summed E-state index contributed by atoms with van der Waals surface area (Å²) in [5.41, 5.74) is 0. The number of hydrogen-bond acceptors (Lipinski definition) is 3. The van der Waals surface area contributed by atoms with Gasteiger partial charge in [0.05, 0.1) is 6.61 Å². The van der Waals surface area contributed by atoms with E-state index in [4.69, 9.17) is 9.47 Å². The minimum Gasteiger partial charge on any atom is -0.464 e. The number of aldehydes is 1. The second kappa shape index (κ2) is 24.2. The van der Waals surface area contributed by atoms with Crippen molar-refractivity contribution in [3.8, 4) is 0 Å². The van der Waals surface area contributed by atoms with Crippen LogP contribution in [-0.2, 0) is 14.3 Å². The third-order valence-electron chi connectivity index (χ3n) is 5.22. The fourth-order valence-electron chi connectivity index (χ4n) is 3.35. The lowest BCUT2D eigenvalue weighted by atomic mass is 10.1.